The fourth-order valence-electron chi connectivity index (χ4n) is 1.37. The molecule has 18 heavy (non-hydrogen) atoms. The molecule has 0 saturated heterocycles. The average molecular weight is 311 g/mol. The molecule has 0 bridgehead atoms. The predicted molar refractivity (Wildman–Crippen MR) is 73.6 cm³/mol. The fourth-order valence-corrected chi connectivity index (χ4v) is 1.63. The maximum absolute atomic E-state index is 13.6. The van der Waals surface area contributed by atoms with Crippen molar-refractivity contribution in [3.05, 3.63) is 40.8 Å². The van der Waals surface area contributed by atoms with Gasteiger partial charge in [0.15, 0.2) is 11.6 Å². The molecule has 0 aliphatic carbocycles. The summed E-state index contributed by atoms with van der Waals surface area (Å²) in [5, 5.41) is 5.84. The van der Waals surface area contributed by atoms with Gasteiger partial charge in [0.1, 0.15) is 0 Å². The van der Waals surface area contributed by atoms with Crippen LogP contribution in [0.25, 0.3) is 0 Å². The number of hydrogen-bond acceptors (Lipinski definition) is 4. The van der Waals surface area contributed by atoms with E-state index in [4.69, 9.17) is 0 Å². The van der Waals surface area contributed by atoms with Crippen LogP contribution in [0.4, 0.5) is 21.8 Å². The first-order valence-electron chi connectivity index (χ1n) is 5.48. The summed E-state index contributed by atoms with van der Waals surface area (Å²) in [6.07, 6.45) is 1.15. The second-order valence-electron chi connectivity index (χ2n) is 3.55. The molecule has 0 amide bonds. The highest BCUT2D eigenvalue weighted by atomic mass is 79.9. The standard InChI is InChI=1S/C12H12BrFN4/c1-2-15-12-16-7-10(14)11(18-12)17-9-5-3-8(13)4-6-9/h3-7H,2H2,1H3,(H2,15,16,17,18). The topological polar surface area (TPSA) is 49.8 Å². The lowest BCUT2D eigenvalue weighted by molar-refractivity contribution is 0.619. The van der Waals surface area contributed by atoms with Gasteiger partial charge < -0.3 is 10.6 Å². The van der Waals surface area contributed by atoms with E-state index < -0.39 is 5.82 Å². The summed E-state index contributed by atoms with van der Waals surface area (Å²) in [6, 6.07) is 7.40. The van der Waals surface area contributed by atoms with E-state index in [1.165, 1.54) is 0 Å². The first-order chi connectivity index (χ1) is 8.69. The molecule has 2 rings (SSSR count). The Hall–Kier alpha value is -1.69. The summed E-state index contributed by atoms with van der Waals surface area (Å²) in [5.74, 6) is 0.0707. The number of aromatic nitrogens is 2. The average Bonchev–Trinajstić information content (AvgIpc) is 2.36. The molecule has 2 aromatic rings. The monoisotopic (exact) mass is 310 g/mol. The molecular weight excluding hydrogens is 299 g/mol. The lowest BCUT2D eigenvalue weighted by atomic mass is 10.3. The van der Waals surface area contributed by atoms with Gasteiger partial charge >= 0.3 is 0 Å². The Bertz CT molecular complexity index is 530. The summed E-state index contributed by atoms with van der Waals surface area (Å²) in [6.45, 7) is 2.61. The van der Waals surface area contributed by atoms with Gasteiger partial charge in [-0.2, -0.15) is 4.98 Å². The first kappa shape index (κ1) is 12.8. The molecule has 0 fully saturated rings. The molecule has 0 unspecified atom stereocenters. The van der Waals surface area contributed by atoms with E-state index in [-0.39, 0.29) is 5.82 Å². The minimum atomic E-state index is -0.487. The van der Waals surface area contributed by atoms with E-state index in [0.717, 1.165) is 16.4 Å². The zero-order chi connectivity index (χ0) is 13.0. The van der Waals surface area contributed by atoms with Crippen molar-refractivity contribution >= 4 is 33.4 Å². The highest BCUT2D eigenvalue weighted by molar-refractivity contribution is 9.10. The van der Waals surface area contributed by atoms with Gasteiger partial charge in [0.05, 0.1) is 6.20 Å². The number of hydrogen-bond donors (Lipinski definition) is 2. The molecule has 94 valence electrons. The van der Waals surface area contributed by atoms with Gasteiger partial charge in [-0.05, 0) is 31.2 Å². The Morgan fingerprint density at radius 1 is 1.28 bits per heavy atom. The van der Waals surface area contributed by atoms with Crippen LogP contribution in [0.3, 0.4) is 0 Å². The maximum Gasteiger partial charge on any atom is 0.224 e. The Kier molecular flexibility index (Phi) is 4.09. The van der Waals surface area contributed by atoms with Crippen LogP contribution >= 0.6 is 15.9 Å². The van der Waals surface area contributed by atoms with E-state index in [1.807, 2.05) is 31.2 Å². The molecule has 0 aliphatic rings. The first-order valence-corrected chi connectivity index (χ1v) is 6.27. The predicted octanol–water partition coefficient (Wildman–Crippen LogP) is 3.55. The summed E-state index contributed by atoms with van der Waals surface area (Å²) in [5.41, 5.74) is 0.762. The smallest absolute Gasteiger partial charge is 0.224 e. The van der Waals surface area contributed by atoms with Crippen LogP contribution in [0.5, 0.6) is 0 Å². The minimum Gasteiger partial charge on any atom is -0.354 e. The number of benzene rings is 1. The normalized spacial score (nSPS) is 10.2. The number of nitrogens with one attached hydrogen (secondary N) is 2. The van der Waals surface area contributed by atoms with Crippen LogP contribution in [-0.4, -0.2) is 16.5 Å². The van der Waals surface area contributed by atoms with E-state index >= 15 is 0 Å². The van der Waals surface area contributed by atoms with Gasteiger partial charge in [0.25, 0.3) is 0 Å². The molecule has 0 aliphatic heterocycles. The minimum absolute atomic E-state index is 0.156. The van der Waals surface area contributed by atoms with Crippen molar-refractivity contribution in [2.45, 2.75) is 6.92 Å². The SMILES string of the molecule is CCNc1ncc(F)c(Nc2ccc(Br)cc2)n1. The number of rotatable bonds is 4. The molecule has 4 nitrogen and oxygen atoms in total. The molecule has 0 atom stereocenters. The third kappa shape index (κ3) is 3.16. The van der Waals surface area contributed by atoms with Crippen molar-refractivity contribution < 1.29 is 4.39 Å². The number of anilines is 3. The number of halogens is 2. The van der Waals surface area contributed by atoms with Crippen molar-refractivity contribution in [3.63, 3.8) is 0 Å². The summed E-state index contributed by atoms with van der Waals surface area (Å²) in [4.78, 5) is 7.90. The fraction of sp³-hybridized carbons (Fsp3) is 0.167. The van der Waals surface area contributed by atoms with Crippen molar-refractivity contribution in [3.8, 4) is 0 Å². The zero-order valence-corrected chi connectivity index (χ0v) is 11.3. The third-order valence-electron chi connectivity index (χ3n) is 2.19. The third-order valence-corrected chi connectivity index (χ3v) is 2.71. The van der Waals surface area contributed by atoms with Crippen LogP contribution in [-0.2, 0) is 0 Å². The molecule has 1 aromatic heterocycles. The molecule has 0 radical (unpaired) electrons. The van der Waals surface area contributed by atoms with Crippen LogP contribution < -0.4 is 10.6 Å². The van der Waals surface area contributed by atoms with E-state index in [2.05, 4.69) is 36.5 Å². The Balaban J connectivity index is 2.22. The maximum atomic E-state index is 13.6. The van der Waals surface area contributed by atoms with Crippen molar-refractivity contribution in [2.24, 2.45) is 0 Å². The lowest BCUT2D eigenvalue weighted by Gasteiger charge is -2.08. The van der Waals surface area contributed by atoms with E-state index in [0.29, 0.717) is 12.5 Å². The van der Waals surface area contributed by atoms with Gasteiger partial charge in [-0.15, -0.1) is 0 Å². The van der Waals surface area contributed by atoms with Crippen LogP contribution in [0, 0.1) is 5.82 Å². The molecule has 1 aromatic carbocycles. The quantitative estimate of drug-likeness (QED) is 0.906. The van der Waals surface area contributed by atoms with Gasteiger partial charge in [0, 0.05) is 16.7 Å². The summed E-state index contributed by atoms with van der Waals surface area (Å²) >= 11 is 3.34. The van der Waals surface area contributed by atoms with Gasteiger partial charge in [-0.1, -0.05) is 15.9 Å². The highest BCUT2D eigenvalue weighted by Gasteiger charge is 2.06. The molecule has 1 heterocycles. The molecule has 0 spiro atoms. The summed E-state index contributed by atoms with van der Waals surface area (Å²) in [7, 11) is 0. The highest BCUT2D eigenvalue weighted by Crippen LogP contribution is 2.20. The summed E-state index contributed by atoms with van der Waals surface area (Å²) < 4.78 is 14.5. The molecule has 2 N–H and O–H groups in total. The zero-order valence-electron chi connectivity index (χ0n) is 9.74. The second-order valence-corrected chi connectivity index (χ2v) is 4.47. The van der Waals surface area contributed by atoms with Gasteiger partial charge in [-0.3, -0.25) is 0 Å². The van der Waals surface area contributed by atoms with Crippen LogP contribution in [0.2, 0.25) is 0 Å². The molecule has 6 heteroatoms. The lowest BCUT2D eigenvalue weighted by Crippen LogP contribution is -2.05. The van der Waals surface area contributed by atoms with Crippen molar-refractivity contribution in [1.29, 1.82) is 0 Å². The van der Waals surface area contributed by atoms with Gasteiger partial charge in [-0.25, -0.2) is 9.37 Å². The van der Waals surface area contributed by atoms with E-state index in [1.54, 1.807) is 0 Å². The van der Waals surface area contributed by atoms with Crippen molar-refractivity contribution in [2.75, 3.05) is 17.2 Å². The van der Waals surface area contributed by atoms with Crippen molar-refractivity contribution in [1.82, 2.24) is 9.97 Å². The second kappa shape index (κ2) is 5.77. The van der Waals surface area contributed by atoms with Crippen LogP contribution in [0.15, 0.2) is 34.9 Å². The van der Waals surface area contributed by atoms with Crippen LogP contribution in [0.1, 0.15) is 6.92 Å². The Morgan fingerprint density at radius 2 is 2.00 bits per heavy atom. The van der Waals surface area contributed by atoms with E-state index in [9.17, 15) is 4.39 Å². The Labute approximate surface area is 113 Å². The van der Waals surface area contributed by atoms with Gasteiger partial charge in [0.2, 0.25) is 5.95 Å². The number of nitrogens with zero attached hydrogens (tertiary/aromatic N) is 2. The largest absolute Gasteiger partial charge is 0.354 e. The molecular formula is C12H12BrFN4. The Morgan fingerprint density at radius 3 is 2.67 bits per heavy atom. The molecule has 0 saturated carbocycles.